The lowest BCUT2D eigenvalue weighted by atomic mass is 10.0. The van der Waals surface area contributed by atoms with Gasteiger partial charge < -0.3 is 15.4 Å². The van der Waals surface area contributed by atoms with Crippen LogP contribution in [0.5, 0.6) is 0 Å². The monoisotopic (exact) mass is 281 g/mol. The first kappa shape index (κ1) is 14.2. The summed E-state index contributed by atoms with van der Waals surface area (Å²) in [5.41, 5.74) is 7.34. The number of hydrogen-bond acceptors (Lipinski definition) is 3. The van der Waals surface area contributed by atoms with Gasteiger partial charge in [0.2, 0.25) is 0 Å². The minimum Gasteiger partial charge on any atom is -0.384 e. The summed E-state index contributed by atoms with van der Waals surface area (Å²) in [7, 11) is 0. The van der Waals surface area contributed by atoms with Crippen LogP contribution in [-0.2, 0) is 4.74 Å². The van der Waals surface area contributed by atoms with E-state index in [9.17, 15) is 0 Å². The van der Waals surface area contributed by atoms with Gasteiger partial charge in [0, 0.05) is 36.0 Å². The molecule has 0 aromatic heterocycles. The molecule has 0 bridgehead atoms. The molecule has 0 atom stereocenters. The van der Waals surface area contributed by atoms with Crippen molar-refractivity contribution < 1.29 is 4.74 Å². The lowest BCUT2D eigenvalue weighted by molar-refractivity contribution is 0.0459. The molecule has 104 valence electrons. The van der Waals surface area contributed by atoms with Crippen molar-refractivity contribution in [3.63, 3.8) is 0 Å². The number of nitrogens with zero attached hydrogens (tertiary/aromatic N) is 1. The molecule has 0 saturated carbocycles. The number of benzene rings is 1. The third-order valence-corrected chi connectivity index (χ3v) is 3.67. The van der Waals surface area contributed by atoms with E-state index in [1.807, 2.05) is 19.1 Å². The van der Waals surface area contributed by atoms with Gasteiger partial charge in [0.1, 0.15) is 5.84 Å². The smallest absolute Gasteiger partial charge is 0.124 e. The minimum absolute atomic E-state index is 0.0820. The van der Waals surface area contributed by atoms with Gasteiger partial charge in [-0.15, -0.1) is 0 Å². The zero-order valence-corrected chi connectivity index (χ0v) is 11.9. The average molecular weight is 282 g/mol. The highest BCUT2D eigenvalue weighted by atomic mass is 35.5. The van der Waals surface area contributed by atoms with E-state index in [1.54, 1.807) is 6.07 Å². The van der Waals surface area contributed by atoms with Crippen LogP contribution >= 0.6 is 11.6 Å². The number of piperidine rings is 1. The van der Waals surface area contributed by atoms with Crippen molar-refractivity contribution in [3.05, 3.63) is 28.8 Å². The third kappa shape index (κ3) is 3.39. The van der Waals surface area contributed by atoms with Crippen molar-refractivity contribution in [2.75, 3.05) is 24.6 Å². The molecule has 4 nitrogen and oxygen atoms in total. The molecule has 0 radical (unpaired) electrons. The molecule has 0 aliphatic carbocycles. The first-order valence-corrected chi connectivity index (χ1v) is 7.00. The third-order valence-electron chi connectivity index (χ3n) is 3.43. The predicted molar refractivity (Wildman–Crippen MR) is 79.3 cm³/mol. The summed E-state index contributed by atoms with van der Waals surface area (Å²) in [5.74, 6) is 0.0820. The van der Waals surface area contributed by atoms with Gasteiger partial charge >= 0.3 is 0 Å². The first-order chi connectivity index (χ1) is 9.11. The summed E-state index contributed by atoms with van der Waals surface area (Å²) in [6.07, 6.45) is 2.34. The van der Waals surface area contributed by atoms with Crippen LogP contribution in [0.4, 0.5) is 5.69 Å². The largest absolute Gasteiger partial charge is 0.384 e. The Kier molecular flexibility index (Phi) is 4.66. The first-order valence-electron chi connectivity index (χ1n) is 6.62. The number of rotatable bonds is 4. The van der Waals surface area contributed by atoms with Gasteiger partial charge in [0.05, 0.1) is 6.10 Å². The van der Waals surface area contributed by atoms with E-state index in [-0.39, 0.29) is 5.84 Å². The summed E-state index contributed by atoms with van der Waals surface area (Å²) in [4.78, 5) is 2.23. The zero-order valence-electron chi connectivity index (χ0n) is 11.2. The van der Waals surface area contributed by atoms with Crippen molar-refractivity contribution in [1.82, 2.24) is 0 Å². The van der Waals surface area contributed by atoms with Gasteiger partial charge in [0.15, 0.2) is 0 Å². The van der Waals surface area contributed by atoms with Crippen LogP contribution in [0.25, 0.3) is 0 Å². The predicted octanol–water partition coefficient (Wildman–Crippen LogP) is 2.63. The Labute approximate surface area is 119 Å². The van der Waals surface area contributed by atoms with E-state index in [1.165, 1.54) is 0 Å². The molecule has 1 heterocycles. The van der Waals surface area contributed by atoms with Crippen LogP contribution in [0, 0.1) is 5.41 Å². The minimum atomic E-state index is 0.0820. The summed E-state index contributed by atoms with van der Waals surface area (Å²) < 4.78 is 5.65. The summed E-state index contributed by atoms with van der Waals surface area (Å²) in [5, 5.41) is 8.33. The van der Waals surface area contributed by atoms with Crippen LogP contribution < -0.4 is 10.6 Å². The van der Waals surface area contributed by atoms with E-state index >= 15 is 0 Å². The highest BCUT2D eigenvalue weighted by molar-refractivity contribution is 6.31. The lowest BCUT2D eigenvalue weighted by Gasteiger charge is -2.34. The Morgan fingerprint density at radius 1 is 1.47 bits per heavy atom. The van der Waals surface area contributed by atoms with Crippen LogP contribution in [0.15, 0.2) is 18.2 Å². The normalized spacial score (nSPS) is 16.6. The second-order valence-electron chi connectivity index (χ2n) is 4.72. The molecular formula is C14H20ClN3O. The van der Waals surface area contributed by atoms with Crippen molar-refractivity contribution in [3.8, 4) is 0 Å². The molecule has 3 N–H and O–H groups in total. The van der Waals surface area contributed by atoms with E-state index in [2.05, 4.69) is 4.90 Å². The van der Waals surface area contributed by atoms with Crippen molar-refractivity contribution >= 4 is 23.1 Å². The number of nitrogen functional groups attached to an aromatic ring is 1. The second kappa shape index (κ2) is 6.26. The summed E-state index contributed by atoms with van der Waals surface area (Å²) >= 11 is 6.06. The highest BCUT2D eigenvalue weighted by Gasteiger charge is 2.22. The molecule has 0 unspecified atom stereocenters. The lowest BCUT2D eigenvalue weighted by Crippen LogP contribution is -2.38. The van der Waals surface area contributed by atoms with Gasteiger partial charge in [-0.25, -0.2) is 0 Å². The van der Waals surface area contributed by atoms with Gasteiger partial charge in [-0.2, -0.15) is 0 Å². The van der Waals surface area contributed by atoms with Crippen molar-refractivity contribution in [2.45, 2.75) is 25.9 Å². The molecule has 19 heavy (non-hydrogen) atoms. The Morgan fingerprint density at radius 3 is 2.74 bits per heavy atom. The maximum atomic E-state index is 7.65. The molecular weight excluding hydrogens is 262 g/mol. The number of nitrogens with two attached hydrogens (primary N) is 1. The molecule has 1 aliphatic heterocycles. The van der Waals surface area contributed by atoms with Gasteiger partial charge in [-0.3, -0.25) is 5.41 Å². The Morgan fingerprint density at radius 2 is 2.16 bits per heavy atom. The number of hydrogen-bond donors (Lipinski definition) is 2. The highest BCUT2D eigenvalue weighted by Crippen LogP contribution is 2.28. The van der Waals surface area contributed by atoms with E-state index in [0.29, 0.717) is 11.1 Å². The van der Waals surface area contributed by atoms with E-state index in [0.717, 1.165) is 43.8 Å². The molecule has 0 amide bonds. The fourth-order valence-electron chi connectivity index (χ4n) is 2.49. The number of halogens is 1. The van der Waals surface area contributed by atoms with Gasteiger partial charge in [0.25, 0.3) is 0 Å². The van der Waals surface area contributed by atoms with Crippen molar-refractivity contribution in [2.24, 2.45) is 5.73 Å². The second-order valence-corrected chi connectivity index (χ2v) is 5.15. The summed E-state index contributed by atoms with van der Waals surface area (Å²) in [6.45, 7) is 4.61. The van der Waals surface area contributed by atoms with Crippen LogP contribution in [0.1, 0.15) is 25.3 Å². The standard InChI is InChI=1S/C14H20ClN3O/c1-2-19-11-5-7-18(8-6-11)13-9-10(15)3-4-12(13)14(16)17/h3-4,9,11H,2,5-8H2,1H3,(H3,16,17). The number of anilines is 1. The number of amidine groups is 1. The summed E-state index contributed by atoms with van der Waals surface area (Å²) in [6, 6.07) is 5.47. The molecule has 5 heteroatoms. The van der Waals surface area contributed by atoms with Gasteiger partial charge in [-0.1, -0.05) is 11.6 Å². The molecule has 1 saturated heterocycles. The topological polar surface area (TPSA) is 62.3 Å². The number of nitrogens with one attached hydrogen (secondary N) is 1. The Balaban J connectivity index is 2.14. The maximum absolute atomic E-state index is 7.65. The fraction of sp³-hybridized carbons (Fsp3) is 0.500. The molecule has 1 fully saturated rings. The maximum Gasteiger partial charge on any atom is 0.124 e. The Bertz CT molecular complexity index is 456. The number of ether oxygens (including phenoxy) is 1. The average Bonchev–Trinajstić information content (AvgIpc) is 2.39. The fourth-order valence-corrected chi connectivity index (χ4v) is 2.66. The van der Waals surface area contributed by atoms with E-state index in [4.69, 9.17) is 27.5 Å². The Hall–Kier alpha value is -1.26. The van der Waals surface area contributed by atoms with E-state index < -0.39 is 0 Å². The van der Waals surface area contributed by atoms with Crippen LogP contribution in [0.2, 0.25) is 5.02 Å². The zero-order chi connectivity index (χ0) is 13.8. The molecule has 1 aliphatic rings. The molecule has 1 aromatic carbocycles. The van der Waals surface area contributed by atoms with Crippen LogP contribution in [0.3, 0.4) is 0 Å². The molecule has 2 rings (SSSR count). The van der Waals surface area contributed by atoms with Crippen molar-refractivity contribution in [1.29, 1.82) is 5.41 Å². The van der Waals surface area contributed by atoms with Gasteiger partial charge in [-0.05, 0) is 38.0 Å². The molecule has 1 aromatic rings. The van der Waals surface area contributed by atoms with Crippen LogP contribution in [-0.4, -0.2) is 31.6 Å². The molecule has 0 spiro atoms. The quantitative estimate of drug-likeness (QED) is 0.659. The SMILES string of the molecule is CCOC1CCN(c2cc(Cl)ccc2C(=N)N)CC1.